The third kappa shape index (κ3) is 4.26. The van der Waals surface area contributed by atoms with Crippen LogP contribution < -0.4 is 20.5 Å². The fraction of sp³-hybridized carbons (Fsp3) is 0.130. The van der Waals surface area contributed by atoms with Gasteiger partial charge in [0.1, 0.15) is 11.3 Å². The van der Waals surface area contributed by atoms with Gasteiger partial charge in [0.25, 0.3) is 5.91 Å². The van der Waals surface area contributed by atoms with E-state index in [-0.39, 0.29) is 23.7 Å². The van der Waals surface area contributed by atoms with E-state index in [0.29, 0.717) is 28.0 Å². The van der Waals surface area contributed by atoms with Gasteiger partial charge >= 0.3 is 0 Å². The normalized spacial score (nSPS) is 10.7. The van der Waals surface area contributed by atoms with Crippen molar-refractivity contribution in [3.8, 4) is 34.3 Å². The zero-order valence-corrected chi connectivity index (χ0v) is 18.1. The first-order valence-corrected chi connectivity index (χ1v) is 9.98. The number of aromatic nitrogens is 1. The second-order valence-electron chi connectivity index (χ2n) is 6.82. The Hall–Kier alpha value is -3.91. The molecule has 2 aromatic heterocycles. The summed E-state index contributed by atoms with van der Waals surface area (Å²) >= 11 is 6.06. The lowest BCUT2D eigenvalue weighted by molar-refractivity contribution is 0.0952. The van der Waals surface area contributed by atoms with Gasteiger partial charge in [0.15, 0.2) is 23.0 Å². The third-order valence-electron chi connectivity index (χ3n) is 4.80. The van der Waals surface area contributed by atoms with Gasteiger partial charge in [-0.2, -0.15) is 0 Å². The molecule has 4 rings (SSSR count). The van der Waals surface area contributed by atoms with Gasteiger partial charge in [-0.15, -0.1) is 0 Å². The standard InChI is InChI=1S/C23H20ClN3O5/c1-29-17-7-6-13(10-19(17)30-2)12-26-23(28)20-21(27-32-22(20)25)18-9-8-16(31-18)14-4-3-5-15(24)11-14/h3-11H,12,25H2,1-2H3,(H,26,28). The Morgan fingerprint density at radius 3 is 2.59 bits per heavy atom. The van der Waals surface area contributed by atoms with Gasteiger partial charge in [-0.3, -0.25) is 4.79 Å². The van der Waals surface area contributed by atoms with Crippen molar-refractivity contribution in [1.82, 2.24) is 10.5 Å². The number of nitrogens with zero attached hydrogens (tertiary/aromatic N) is 1. The van der Waals surface area contributed by atoms with Crippen LogP contribution in [-0.4, -0.2) is 25.3 Å². The number of hydrogen-bond acceptors (Lipinski definition) is 7. The molecule has 0 atom stereocenters. The van der Waals surface area contributed by atoms with Crippen molar-refractivity contribution in [2.45, 2.75) is 6.54 Å². The number of ether oxygens (including phenoxy) is 2. The number of carbonyl (C=O) groups is 1. The summed E-state index contributed by atoms with van der Waals surface area (Å²) in [6, 6.07) is 16.1. The minimum Gasteiger partial charge on any atom is -0.493 e. The summed E-state index contributed by atoms with van der Waals surface area (Å²) in [5.41, 5.74) is 7.79. The van der Waals surface area contributed by atoms with E-state index in [4.69, 9.17) is 35.7 Å². The summed E-state index contributed by atoms with van der Waals surface area (Å²) in [4.78, 5) is 12.9. The zero-order chi connectivity index (χ0) is 22.7. The molecule has 9 heteroatoms. The number of rotatable bonds is 7. The SMILES string of the molecule is COc1ccc(CNC(=O)c2c(-c3ccc(-c4cccc(Cl)c4)o3)noc2N)cc1OC. The largest absolute Gasteiger partial charge is 0.493 e. The molecule has 0 radical (unpaired) electrons. The van der Waals surface area contributed by atoms with Gasteiger partial charge in [0.05, 0.1) is 14.2 Å². The lowest BCUT2D eigenvalue weighted by atomic mass is 10.1. The maximum atomic E-state index is 12.9. The summed E-state index contributed by atoms with van der Waals surface area (Å²) in [6.07, 6.45) is 0. The molecule has 4 aromatic rings. The van der Waals surface area contributed by atoms with E-state index < -0.39 is 5.91 Å². The lowest BCUT2D eigenvalue weighted by Crippen LogP contribution is -2.23. The van der Waals surface area contributed by atoms with Crippen molar-refractivity contribution in [3.63, 3.8) is 0 Å². The molecule has 0 unspecified atom stereocenters. The molecule has 2 heterocycles. The molecule has 0 saturated heterocycles. The van der Waals surface area contributed by atoms with E-state index in [0.717, 1.165) is 11.1 Å². The maximum Gasteiger partial charge on any atom is 0.259 e. The van der Waals surface area contributed by atoms with Gasteiger partial charge in [-0.1, -0.05) is 35.0 Å². The van der Waals surface area contributed by atoms with Crippen LogP contribution >= 0.6 is 11.6 Å². The van der Waals surface area contributed by atoms with E-state index >= 15 is 0 Å². The van der Waals surface area contributed by atoms with Gasteiger partial charge in [-0.25, -0.2) is 0 Å². The second kappa shape index (κ2) is 9.07. The molecule has 2 aromatic carbocycles. The van der Waals surface area contributed by atoms with Crippen LogP contribution in [0.4, 0.5) is 5.88 Å². The highest BCUT2D eigenvalue weighted by atomic mass is 35.5. The zero-order valence-electron chi connectivity index (χ0n) is 17.3. The summed E-state index contributed by atoms with van der Waals surface area (Å²) in [6.45, 7) is 0.231. The number of benzene rings is 2. The van der Waals surface area contributed by atoms with Crippen LogP contribution in [0.2, 0.25) is 5.02 Å². The van der Waals surface area contributed by atoms with Crippen molar-refractivity contribution in [1.29, 1.82) is 0 Å². The smallest absolute Gasteiger partial charge is 0.259 e. The van der Waals surface area contributed by atoms with Crippen molar-refractivity contribution in [2.24, 2.45) is 0 Å². The van der Waals surface area contributed by atoms with Crippen LogP contribution in [0.5, 0.6) is 11.5 Å². The molecule has 32 heavy (non-hydrogen) atoms. The predicted molar refractivity (Wildman–Crippen MR) is 120 cm³/mol. The molecule has 0 aliphatic heterocycles. The molecule has 0 aliphatic carbocycles. The van der Waals surface area contributed by atoms with Crippen LogP contribution in [0.25, 0.3) is 22.8 Å². The Balaban J connectivity index is 1.55. The molecule has 1 amide bonds. The Bertz CT molecular complexity index is 1260. The topological polar surface area (TPSA) is 113 Å². The van der Waals surface area contributed by atoms with Crippen molar-refractivity contribution < 1.29 is 23.2 Å². The van der Waals surface area contributed by atoms with Crippen molar-refractivity contribution >= 4 is 23.4 Å². The molecule has 0 fully saturated rings. The van der Waals surface area contributed by atoms with E-state index in [2.05, 4.69) is 10.5 Å². The molecule has 164 valence electrons. The van der Waals surface area contributed by atoms with Crippen molar-refractivity contribution in [3.05, 3.63) is 70.7 Å². The minimum atomic E-state index is -0.450. The van der Waals surface area contributed by atoms with Crippen LogP contribution in [0.15, 0.2) is 63.5 Å². The van der Waals surface area contributed by atoms with Gasteiger partial charge in [0, 0.05) is 17.1 Å². The van der Waals surface area contributed by atoms with Crippen LogP contribution in [-0.2, 0) is 6.54 Å². The maximum absolute atomic E-state index is 12.9. The monoisotopic (exact) mass is 453 g/mol. The molecular weight excluding hydrogens is 434 g/mol. The highest BCUT2D eigenvalue weighted by molar-refractivity contribution is 6.30. The highest BCUT2D eigenvalue weighted by Crippen LogP contribution is 2.33. The van der Waals surface area contributed by atoms with Gasteiger partial charge in [0.2, 0.25) is 5.88 Å². The summed E-state index contributed by atoms with van der Waals surface area (Å²) in [5, 5.41) is 7.32. The van der Waals surface area contributed by atoms with Crippen LogP contribution in [0, 0.1) is 0 Å². The third-order valence-corrected chi connectivity index (χ3v) is 5.03. The van der Waals surface area contributed by atoms with Crippen molar-refractivity contribution in [2.75, 3.05) is 20.0 Å². The second-order valence-corrected chi connectivity index (χ2v) is 7.25. The Labute approximate surface area is 188 Å². The average Bonchev–Trinajstić information content (AvgIpc) is 3.44. The minimum absolute atomic E-state index is 0.0949. The Morgan fingerprint density at radius 2 is 1.84 bits per heavy atom. The number of nitrogens with one attached hydrogen (secondary N) is 1. The summed E-state index contributed by atoms with van der Waals surface area (Å²) in [7, 11) is 3.10. The molecule has 3 N–H and O–H groups in total. The number of methoxy groups -OCH3 is 2. The molecule has 0 saturated carbocycles. The number of anilines is 1. The number of nitrogens with two attached hydrogens (primary N) is 1. The molecule has 0 spiro atoms. The predicted octanol–water partition coefficient (Wildman–Crippen LogP) is 4.78. The highest BCUT2D eigenvalue weighted by Gasteiger charge is 2.25. The van der Waals surface area contributed by atoms with Crippen LogP contribution in [0.3, 0.4) is 0 Å². The first-order valence-electron chi connectivity index (χ1n) is 9.60. The van der Waals surface area contributed by atoms with E-state index in [1.807, 2.05) is 18.2 Å². The lowest BCUT2D eigenvalue weighted by Gasteiger charge is -2.10. The molecule has 0 aliphatic rings. The van der Waals surface area contributed by atoms with E-state index in [9.17, 15) is 4.79 Å². The van der Waals surface area contributed by atoms with Crippen LogP contribution in [0.1, 0.15) is 15.9 Å². The quantitative estimate of drug-likeness (QED) is 0.413. The number of nitrogen functional groups attached to an aromatic ring is 1. The van der Waals surface area contributed by atoms with E-state index in [1.165, 1.54) is 0 Å². The fourth-order valence-corrected chi connectivity index (χ4v) is 3.40. The van der Waals surface area contributed by atoms with E-state index in [1.54, 1.807) is 50.6 Å². The first kappa shape index (κ1) is 21.3. The summed E-state index contributed by atoms with van der Waals surface area (Å²) in [5.74, 6) is 1.52. The average molecular weight is 454 g/mol. The Kier molecular flexibility index (Phi) is 6.04. The summed E-state index contributed by atoms with van der Waals surface area (Å²) < 4.78 is 21.5. The number of hydrogen-bond donors (Lipinski definition) is 2. The number of carbonyl (C=O) groups excluding carboxylic acids is 1. The fourth-order valence-electron chi connectivity index (χ4n) is 3.21. The molecular formula is C23H20ClN3O5. The molecule has 0 bridgehead atoms. The first-order chi connectivity index (χ1) is 15.5. The van der Waals surface area contributed by atoms with Gasteiger partial charge < -0.3 is 29.5 Å². The number of furan rings is 1. The molecule has 8 nitrogen and oxygen atoms in total. The number of halogens is 1. The number of amides is 1. The van der Waals surface area contributed by atoms with Gasteiger partial charge in [-0.05, 0) is 42.0 Å². The Morgan fingerprint density at radius 1 is 1.06 bits per heavy atom.